The number of hydrogen-bond donors (Lipinski definition) is 3. The Labute approximate surface area is 311 Å². The van der Waals surface area contributed by atoms with Crippen LogP contribution in [0.3, 0.4) is 0 Å². The van der Waals surface area contributed by atoms with Gasteiger partial charge in [-0.1, -0.05) is 50.6 Å². The first-order valence-electron chi connectivity index (χ1n) is 17.1. The number of aliphatic imine (C=N–C) groups is 1. The minimum atomic E-state index is -1.79. The SMILES string of the molecule is CC(C)(C)C[C@]1(c2ccc(-c3cnccn3)cc2F)N/C(=N/C(=O)OC(C)(C)C)N([C@H](COC(=O)NC2CC2)c2ccc(Cl)c(-c3ncn[nH]3)c2)C1=O. The molecule has 4 aromatic rings. The normalized spacial score (nSPS) is 18.8. The number of nitrogens with one attached hydrogen (secondary N) is 3. The molecule has 0 radical (unpaired) electrons. The van der Waals surface area contributed by atoms with E-state index in [4.69, 9.17) is 21.1 Å². The van der Waals surface area contributed by atoms with Crippen LogP contribution >= 0.6 is 11.6 Å². The fraction of sp³-hybridized carbons (Fsp3) is 0.405. The second-order valence-electron chi connectivity index (χ2n) is 15.3. The molecule has 1 aliphatic carbocycles. The summed E-state index contributed by atoms with van der Waals surface area (Å²) in [6.45, 7) is 10.4. The van der Waals surface area contributed by atoms with E-state index in [-0.39, 0.29) is 30.6 Å². The summed E-state index contributed by atoms with van der Waals surface area (Å²) in [6.07, 6.45) is 5.88. The molecule has 0 unspecified atom stereocenters. The Balaban J connectivity index is 1.52. The molecule has 3 heterocycles. The lowest BCUT2D eigenvalue weighted by molar-refractivity contribution is -0.135. The van der Waals surface area contributed by atoms with E-state index in [1.165, 1.54) is 42.0 Å². The van der Waals surface area contributed by atoms with Crippen molar-refractivity contribution in [3.63, 3.8) is 0 Å². The van der Waals surface area contributed by atoms with E-state index in [0.29, 0.717) is 33.2 Å². The van der Waals surface area contributed by atoms with E-state index in [0.717, 1.165) is 12.8 Å². The maximum absolute atomic E-state index is 16.6. The minimum absolute atomic E-state index is 0.00108. The summed E-state index contributed by atoms with van der Waals surface area (Å²) in [5.74, 6) is -1.22. The van der Waals surface area contributed by atoms with Crippen molar-refractivity contribution in [2.45, 2.75) is 84.0 Å². The van der Waals surface area contributed by atoms with Crippen molar-refractivity contribution in [2.24, 2.45) is 10.4 Å². The minimum Gasteiger partial charge on any atom is -0.447 e. The zero-order chi connectivity index (χ0) is 38.1. The lowest BCUT2D eigenvalue weighted by Crippen LogP contribution is -2.48. The Morgan fingerprint density at radius 3 is 2.51 bits per heavy atom. The topological polar surface area (TPSA) is 177 Å². The van der Waals surface area contributed by atoms with Crippen LogP contribution in [0, 0.1) is 11.2 Å². The van der Waals surface area contributed by atoms with Gasteiger partial charge in [0.2, 0.25) is 5.96 Å². The highest BCUT2D eigenvalue weighted by atomic mass is 35.5. The maximum atomic E-state index is 16.6. The molecule has 6 rings (SSSR count). The molecule has 1 saturated carbocycles. The number of hydrogen-bond acceptors (Lipinski definition) is 9. The van der Waals surface area contributed by atoms with Gasteiger partial charge in [0.05, 0.1) is 23.0 Å². The van der Waals surface area contributed by atoms with E-state index >= 15 is 9.18 Å². The molecule has 2 aliphatic rings. The van der Waals surface area contributed by atoms with Crippen LogP contribution in [0.15, 0.2) is 66.3 Å². The zero-order valence-corrected chi connectivity index (χ0v) is 31.0. The number of amides is 3. The summed E-state index contributed by atoms with van der Waals surface area (Å²) in [4.78, 5) is 59.7. The molecule has 16 heteroatoms. The van der Waals surface area contributed by atoms with Gasteiger partial charge in [0.15, 0.2) is 5.82 Å². The second kappa shape index (κ2) is 14.5. The first-order valence-corrected chi connectivity index (χ1v) is 17.5. The van der Waals surface area contributed by atoms with E-state index in [2.05, 4.69) is 40.8 Å². The Hall–Kier alpha value is -5.44. The van der Waals surface area contributed by atoms with Gasteiger partial charge in [-0.25, -0.2) is 19.0 Å². The van der Waals surface area contributed by atoms with Gasteiger partial charge in [-0.3, -0.25) is 24.8 Å². The van der Waals surface area contributed by atoms with Crippen LogP contribution in [0.4, 0.5) is 14.0 Å². The maximum Gasteiger partial charge on any atom is 0.437 e. The summed E-state index contributed by atoms with van der Waals surface area (Å²) in [6, 6.07) is 8.30. The molecule has 0 spiro atoms. The molecule has 278 valence electrons. The van der Waals surface area contributed by atoms with Crippen molar-refractivity contribution in [1.82, 2.24) is 40.7 Å². The molecule has 2 fully saturated rings. The molecule has 53 heavy (non-hydrogen) atoms. The molecular weight excluding hydrogens is 705 g/mol. The van der Waals surface area contributed by atoms with Gasteiger partial charge in [0, 0.05) is 35.1 Å². The summed E-state index contributed by atoms with van der Waals surface area (Å²) in [5.41, 5.74) is -1.51. The third-order valence-electron chi connectivity index (χ3n) is 8.44. The van der Waals surface area contributed by atoms with Crippen LogP contribution in [0.1, 0.15) is 78.0 Å². The monoisotopic (exact) mass is 745 g/mol. The van der Waals surface area contributed by atoms with Crippen molar-refractivity contribution in [1.29, 1.82) is 0 Å². The molecular formula is C37H41ClFN9O5. The van der Waals surface area contributed by atoms with E-state index in [1.807, 2.05) is 20.8 Å². The van der Waals surface area contributed by atoms with Crippen LogP contribution < -0.4 is 10.6 Å². The van der Waals surface area contributed by atoms with Crippen LogP contribution in [0.2, 0.25) is 5.02 Å². The van der Waals surface area contributed by atoms with Gasteiger partial charge in [-0.05, 0) is 69.2 Å². The first kappa shape index (κ1) is 37.3. The van der Waals surface area contributed by atoms with Gasteiger partial charge in [-0.2, -0.15) is 5.10 Å². The lowest BCUT2D eigenvalue weighted by atomic mass is 9.75. The quantitative estimate of drug-likeness (QED) is 0.167. The highest BCUT2D eigenvalue weighted by molar-refractivity contribution is 6.33. The number of nitrogens with zero attached hydrogens (tertiary/aromatic N) is 6. The van der Waals surface area contributed by atoms with Gasteiger partial charge >= 0.3 is 12.2 Å². The fourth-order valence-electron chi connectivity index (χ4n) is 6.19. The number of rotatable bonds is 9. The third kappa shape index (κ3) is 8.62. The highest BCUT2D eigenvalue weighted by Gasteiger charge is 2.56. The predicted octanol–water partition coefficient (Wildman–Crippen LogP) is 6.71. The van der Waals surface area contributed by atoms with Gasteiger partial charge in [-0.15, -0.1) is 4.99 Å². The summed E-state index contributed by atoms with van der Waals surface area (Å²) in [7, 11) is 0. The van der Waals surface area contributed by atoms with E-state index < -0.39 is 46.5 Å². The van der Waals surface area contributed by atoms with E-state index in [1.54, 1.807) is 45.0 Å². The van der Waals surface area contributed by atoms with Gasteiger partial charge in [0.25, 0.3) is 5.91 Å². The number of carbonyl (C=O) groups is 3. The smallest absolute Gasteiger partial charge is 0.437 e. The number of H-pyrrole nitrogens is 1. The Kier molecular flexibility index (Phi) is 10.2. The average Bonchev–Trinajstić information content (AvgIpc) is 3.63. The van der Waals surface area contributed by atoms with Crippen molar-refractivity contribution < 1.29 is 28.2 Å². The predicted molar refractivity (Wildman–Crippen MR) is 194 cm³/mol. The molecule has 1 saturated heterocycles. The molecule has 2 atom stereocenters. The fourth-order valence-corrected chi connectivity index (χ4v) is 6.39. The van der Waals surface area contributed by atoms with Crippen LogP contribution in [-0.4, -0.2) is 72.4 Å². The number of halogens is 2. The molecule has 1 aliphatic heterocycles. The number of aromatic amines is 1. The number of guanidine groups is 1. The van der Waals surface area contributed by atoms with Crippen molar-refractivity contribution in [2.75, 3.05) is 6.61 Å². The number of benzene rings is 2. The molecule has 0 bridgehead atoms. The molecule has 3 N–H and O–H groups in total. The molecule has 2 aromatic heterocycles. The second-order valence-corrected chi connectivity index (χ2v) is 15.7. The zero-order valence-electron chi connectivity index (χ0n) is 30.2. The standard InChI is InChI=1S/C37H41ClFN9O5/c1-35(2,3)19-37(25-11-7-21(16-27(25)39)28-17-40-13-14-41-28)31(49)48(32(46-37)45-34(51)53-36(4,5)6)29(18-52-33(50)44-23-9-10-23)22-8-12-26(38)24(15-22)30-42-20-43-47-30/h7-8,11-17,20,23,29H,9-10,18-19H2,1-6H3,(H,44,50)(H,42,43,47)(H,45,46,51)/t29-,37-/m1/s1. The van der Waals surface area contributed by atoms with E-state index in [9.17, 15) is 9.59 Å². The van der Waals surface area contributed by atoms with Gasteiger partial charge in [0.1, 0.15) is 29.9 Å². The number of ether oxygens (including phenoxy) is 2. The average molecular weight is 746 g/mol. The summed E-state index contributed by atoms with van der Waals surface area (Å²) in [5, 5.41) is 13.0. The Morgan fingerprint density at radius 1 is 1.11 bits per heavy atom. The van der Waals surface area contributed by atoms with Crippen LogP contribution in [0.25, 0.3) is 22.6 Å². The van der Waals surface area contributed by atoms with Crippen LogP contribution in [-0.2, 0) is 19.8 Å². The number of aromatic nitrogens is 5. The molecule has 14 nitrogen and oxygen atoms in total. The summed E-state index contributed by atoms with van der Waals surface area (Å²) >= 11 is 6.59. The largest absolute Gasteiger partial charge is 0.447 e. The highest BCUT2D eigenvalue weighted by Crippen LogP contribution is 2.44. The molecule has 2 aromatic carbocycles. The third-order valence-corrected chi connectivity index (χ3v) is 8.77. The summed E-state index contributed by atoms with van der Waals surface area (Å²) < 4.78 is 27.9. The number of alkyl carbamates (subject to hydrolysis) is 1. The Morgan fingerprint density at radius 2 is 1.89 bits per heavy atom. The van der Waals surface area contributed by atoms with Crippen molar-refractivity contribution in [3.8, 4) is 22.6 Å². The Bertz CT molecular complexity index is 2030. The molecule has 3 amide bonds. The van der Waals surface area contributed by atoms with Crippen molar-refractivity contribution >= 4 is 35.7 Å². The first-order chi connectivity index (χ1) is 25.0. The van der Waals surface area contributed by atoms with Gasteiger partial charge < -0.3 is 20.1 Å². The van der Waals surface area contributed by atoms with Crippen molar-refractivity contribution in [3.05, 3.63) is 83.3 Å². The number of carbonyl (C=O) groups excluding carboxylic acids is 3. The van der Waals surface area contributed by atoms with Crippen LogP contribution in [0.5, 0.6) is 0 Å². The lowest BCUT2D eigenvalue weighted by Gasteiger charge is -2.35.